The number of ether oxygens (including phenoxy) is 3. The summed E-state index contributed by atoms with van der Waals surface area (Å²) in [5.74, 6) is 2.63. The van der Waals surface area contributed by atoms with Gasteiger partial charge in [0, 0.05) is 31.0 Å². The summed E-state index contributed by atoms with van der Waals surface area (Å²) in [6.07, 6.45) is 0.756. The van der Waals surface area contributed by atoms with Gasteiger partial charge < -0.3 is 29.4 Å². The molecule has 3 heterocycles. The molecular formula is C26H29N5O4. The molecule has 0 aliphatic carbocycles. The normalized spacial score (nSPS) is 13.9. The molecule has 0 spiro atoms. The topological polar surface area (TPSA) is 105 Å². The highest BCUT2D eigenvalue weighted by molar-refractivity contribution is 6.07. The molecule has 2 aromatic carbocycles. The monoisotopic (exact) mass is 475 g/mol. The Kier molecular flexibility index (Phi) is 6.67. The van der Waals surface area contributed by atoms with Gasteiger partial charge in [-0.25, -0.2) is 9.97 Å². The van der Waals surface area contributed by atoms with E-state index in [2.05, 4.69) is 16.5 Å². The highest BCUT2D eigenvalue weighted by atomic mass is 16.5. The summed E-state index contributed by atoms with van der Waals surface area (Å²) >= 11 is 0. The Morgan fingerprint density at radius 3 is 2.63 bits per heavy atom. The average molecular weight is 476 g/mol. The Morgan fingerprint density at radius 2 is 1.86 bits per heavy atom. The first-order chi connectivity index (χ1) is 17.1. The van der Waals surface area contributed by atoms with Gasteiger partial charge in [0.05, 0.1) is 30.8 Å². The molecule has 5 rings (SSSR count). The minimum atomic E-state index is -0.0552. The second kappa shape index (κ2) is 10.2. The number of rotatable bonds is 8. The first kappa shape index (κ1) is 22.9. The number of pyridine rings is 1. The van der Waals surface area contributed by atoms with E-state index in [9.17, 15) is 4.79 Å². The van der Waals surface area contributed by atoms with Gasteiger partial charge in [0.2, 0.25) is 0 Å². The lowest BCUT2D eigenvalue weighted by Gasteiger charge is -2.26. The molecule has 0 unspecified atom stereocenters. The molecule has 35 heavy (non-hydrogen) atoms. The summed E-state index contributed by atoms with van der Waals surface area (Å²) in [5.41, 5.74) is 8.62. The second-order valence-corrected chi connectivity index (χ2v) is 8.35. The number of aromatic nitrogens is 3. The fraction of sp³-hybridized carbons (Fsp3) is 0.346. The molecule has 4 aromatic rings. The third kappa shape index (κ3) is 4.85. The zero-order chi connectivity index (χ0) is 24.2. The molecule has 1 fully saturated rings. The summed E-state index contributed by atoms with van der Waals surface area (Å²) in [4.78, 5) is 23.5. The Morgan fingerprint density at radius 1 is 1.06 bits per heavy atom. The van der Waals surface area contributed by atoms with Crippen LogP contribution in [0.15, 0.2) is 48.5 Å². The zero-order valence-electron chi connectivity index (χ0n) is 19.8. The number of nitrogens with two attached hydrogens (primary N) is 1. The van der Waals surface area contributed by atoms with E-state index >= 15 is 0 Å². The minimum Gasteiger partial charge on any atom is -0.492 e. The van der Waals surface area contributed by atoms with Gasteiger partial charge in [-0.05, 0) is 24.3 Å². The Bertz CT molecular complexity index is 1330. The Labute approximate surface area is 203 Å². The van der Waals surface area contributed by atoms with Crippen molar-refractivity contribution >= 4 is 33.7 Å². The van der Waals surface area contributed by atoms with Gasteiger partial charge in [0.1, 0.15) is 29.4 Å². The van der Waals surface area contributed by atoms with E-state index in [-0.39, 0.29) is 12.5 Å². The third-order valence-electron chi connectivity index (χ3n) is 6.12. The number of nitrogens with zero attached hydrogens (tertiary/aromatic N) is 4. The number of carbonyl (C=O) groups excluding carboxylic acids is 1. The number of amides is 1. The van der Waals surface area contributed by atoms with Crippen LogP contribution in [0.1, 0.15) is 12.7 Å². The van der Waals surface area contributed by atoms with Crippen molar-refractivity contribution < 1.29 is 19.0 Å². The van der Waals surface area contributed by atoms with Crippen molar-refractivity contribution in [2.24, 2.45) is 0 Å². The third-order valence-corrected chi connectivity index (χ3v) is 6.12. The number of aryl methyl sites for hydroxylation is 1. The van der Waals surface area contributed by atoms with Crippen LogP contribution in [0.3, 0.4) is 0 Å². The van der Waals surface area contributed by atoms with Crippen LogP contribution < -0.4 is 15.2 Å². The maximum atomic E-state index is 12.4. The number of carbonyl (C=O) groups is 1. The van der Waals surface area contributed by atoms with Gasteiger partial charge in [0.15, 0.2) is 12.4 Å². The second-order valence-electron chi connectivity index (χ2n) is 8.35. The molecule has 1 saturated heterocycles. The number of hydrogen-bond donors (Lipinski definition) is 1. The van der Waals surface area contributed by atoms with Crippen molar-refractivity contribution in [3.05, 3.63) is 54.4 Å². The molecule has 0 atom stereocenters. The van der Waals surface area contributed by atoms with Crippen molar-refractivity contribution in [2.75, 3.05) is 45.3 Å². The van der Waals surface area contributed by atoms with Crippen molar-refractivity contribution in [1.82, 2.24) is 19.4 Å². The van der Waals surface area contributed by atoms with Crippen LogP contribution in [0.2, 0.25) is 0 Å². The molecule has 1 aliphatic heterocycles. The number of benzene rings is 2. The number of morpholine rings is 1. The quantitative estimate of drug-likeness (QED) is 0.418. The van der Waals surface area contributed by atoms with Crippen LogP contribution in [0.5, 0.6) is 11.5 Å². The lowest BCUT2D eigenvalue weighted by molar-refractivity contribution is -0.137. The van der Waals surface area contributed by atoms with Crippen LogP contribution in [-0.2, 0) is 22.5 Å². The summed E-state index contributed by atoms with van der Waals surface area (Å²) in [7, 11) is 0. The fourth-order valence-electron chi connectivity index (χ4n) is 4.36. The summed E-state index contributed by atoms with van der Waals surface area (Å²) in [6, 6.07) is 15.4. The van der Waals surface area contributed by atoms with Crippen molar-refractivity contribution in [1.29, 1.82) is 0 Å². The van der Waals surface area contributed by atoms with Gasteiger partial charge >= 0.3 is 0 Å². The van der Waals surface area contributed by atoms with Gasteiger partial charge in [-0.15, -0.1) is 0 Å². The molecule has 9 nitrogen and oxygen atoms in total. The lowest BCUT2D eigenvalue weighted by atomic mass is 10.1. The summed E-state index contributed by atoms with van der Waals surface area (Å²) in [6.45, 7) is 5.46. The molecule has 9 heteroatoms. The van der Waals surface area contributed by atoms with Gasteiger partial charge in [-0.3, -0.25) is 4.79 Å². The predicted molar refractivity (Wildman–Crippen MR) is 134 cm³/mol. The van der Waals surface area contributed by atoms with Crippen molar-refractivity contribution in [2.45, 2.75) is 19.9 Å². The van der Waals surface area contributed by atoms with Gasteiger partial charge in [0.25, 0.3) is 5.91 Å². The number of nitrogen functional groups attached to an aromatic ring is 1. The van der Waals surface area contributed by atoms with Gasteiger partial charge in [-0.1, -0.05) is 25.1 Å². The number of para-hydroxylation sites is 1. The fourth-order valence-corrected chi connectivity index (χ4v) is 4.36. The standard InChI is InChI=1S/C26H29N5O4/c1-2-22-29-24-25(31(22)12-15-34-18-6-4-3-5-7-18)20-9-8-19(16-21(20)28-26(24)27)35-17-23(32)30-10-13-33-14-11-30/h3-9,16H,2,10-15,17H2,1H3,(H2,27,28). The van der Waals surface area contributed by atoms with Crippen molar-refractivity contribution in [3.8, 4) is 11.5 Å². The van der Waals surface area contributed by atoms with E-state index in [4.69, 9.17) is 24.9 Å². The van der Waals surface area contributed by atoms with Crippen molar-refractivity contribution in [3.63, 3.8) is 0 Å². The van der Waals surface area contributed by atoms with Crippen LogP contribution in [0.25, 0.3) is 21.9 Å². The zero-order valence-corrected chi connectivity index (χ0v) is 19.8. The predicted octanol–water partition coefficient (Wildman–Crippen LogP) is 3.05. The summed E-state index contributed by atoms with van der Waals surface area (Å²) < 4.78 is 19.2. The lowest BCUT2D eigenvalue weighted by Crippen LogP contribution is -2.42. The molecule has 1 aliphatic rings. The van der Waals surface area contributed by atoms with E-state index in [0.717, 1.165) is 28.9 Å². The molecule has 2 N–H and O–H groups in total. The number of imidazole rings is 1. The van der Waals surface area contributed by atoms with E-state index < -0.39 is 0 Å². The number of fused-ring (bicyclic) bond motifs is 3. The number of anilines is 1. The molecule has 2 aromatic heterocycles. The van der Waals surface area contributed by atoms with Crippen LogP contribution >= 0.6 is 0 Å². The van der Waals surface area contributed by atoms with E-state index in [1.165, 1.54) is 0 Å². The number of hydrogen-bond acceptors (Lipinski definition) is 7. The first-order valence-corrected chi connectivity index (χ1v) is 11.9. The summed E-state index contributed by atoms with van der Waals surface area (Å²) in [5, 5.41) is 0.924. The molecule has 182 valence electrons. The van der Waals surface area contributed by atoms with E-state index in [1.54, 1.807) is 4.90 Å². The Hall–Kier alpha value is -3.85. The molecule has 0 saturated carbocycles. The van der Waals surface area contributed by atoms with Gasteiger partial charge in [-0.2, -0.15) is 0 Å². The Balaban J connectivity index is 1.40. The first-order valence-electron chi connectivity index (χ1n) is 11.9. The maximum absolute atomic E-state index is 12.4. The van der Waals surface area contributed by atoms with E-state index in [1.807, 2.05) is 48.5 Å². The molecule has 0 radical (unpaired) electrons. The largest absolute Gasteiger partial charge is 0.492 e. The molecular weight excluding hydrogens is 446 g/mol. The van der Waals surface area contributed by atoms with Crippen LogP contribution in [0.4, 0.5) is 5.82 Å². The van der Waals surface area contributed by atoms with Crippen LogP contribution in [0, 0.1) is 0 Å². The molecule has 1 amide bonds. The van der Waals surface area contributed by atoms with E-state index in [0.29, 0.717) is 62.1 Å². The van der Waals surface area contributed by atoms with Crippen LogP contribution in [-0.4, -0.2) is 64.9 Å². The smallest absolute Gasteiger partial charge is 0.260 e. The SMILES string of the molecule is CCc1nc2c(N)nc3cc(OCC(=O)N4CCOCC4)ccc3c2n1CCOc1ccccc1. The highest BCUT2D eigenvalue weighted by Gasteiger charge is 2.19. The average Bonchev–Trinajstić information content (AvgIpc) is 3.28. The molecule has 0 bridgehead atoms. The highest BCUT2D eigenvalue weighted by Crippen LogP contribution is 2.31. The maximum Gasteiger partial charge on any atom is 0.260 e. The minimum absolute atomic E-state index is 0.0298.